The van der Waals surface area contributed by atoms with Gasteiger partial charge in [-0.3, -0.25) is 4.79 Å². The number of pyridine rings is 1. The molecule has 0 aliphatic carbocycles. The number of carboxylic acids is 1. The molecule has 8 heteroatoms. The summed E-state index contributed by atoms with van der Waals surface area (Å²) in [5.74, 6) is 1.38. The molecule has 1 unspecified atom stereocenters. The van der Waals surface area contributed by atoms with Crippen LogP contribution in [-0.4, -0.2) is 44.0 Å². The van der Waals surface area contributed by atoms with E-state index in [-0.39, 0.29) is 12.3 Å². The summed E-state index contributed by atoms with van der Waals surface area (Å²) in [5, 5.41) is 13.1. The molecule has 3 heterocycles. The van der Waals surface area contributed by atoms with Gasteiger partial charge in [-0.2, -0.15) is 5.10 Å². The van der Waals surface area contributed by atoms with Crippen molar-refractivity contribution in [3.63, 3.8) is 0 Å². The predicted octanol–water partition coefficient (Wildman–Crippen LogP) is 2.62. The van der Waals surface area contributed by atoms with E-state index < -0.39 is 5.97 Å². The largest absolute Gasteiger partial charge is 0.493 e. The fraction of sp³-hybridized carbons (Fsp3) is 0.300. The number of aliphatic carboxylic acids is 1. The third kappa shape index (κ3) is 4.11. The zero-order valence-corrected chi connectivity index (χ0v) is 15.2. The standard InChI is InChI=1S/C20H20N4O4/c25-20(26)10-15-6-8-28-18-9-14(1-3-17(15)18)5-7-27-16-2-4-19(22-11-16)24-13-21-12-23-24/h1-4,9,11-13,15H,5-8,10H2,(H,25,26). The Balaban J connectivity index is 1.34. The van der Waals surface area contributed by atoms with Crippen LogP contribution >= 0.6 is 0 Å². The number of fused-ring (bicyclic) bond motifs is 1. The van der Waals surface area contributed by atoms with Gasteiger partial charge in [0.25, 0.3) is 0 Å². The SMILES string of the molecule is O=C(O)CC1CCOc2cc(CCOc3ccc(-n4cncn4)nc3)ccc21. The van der Waals surface area contributed by atoms with E-state index in [0.29, 0.717) is 31.2 Å². The molecule has 0 amide bonds. The fourth-order valence-corrected chi connectivity index (χ4v) is 3.29. The Kier molecular flexibility index (Phi) is 5.18. The topological polar surface area (TPSA) is 99.4 Å². The van der Waals surface area contributed by atoms with Crippen LogP contribution in [0.3, 0.4) is 0 Å². The number of carbonyl (C=O) groups is 1. The molecule has 0 radical (unpaired) electrons. The van der Waals surface area contributed by atoms with Gasteiger partial charge in [-0.15, -0.1) is 0 Å². The van der Waals surface area contributed by atoms with E-state index in [1.165, 1.54) is 6.33 Å². The summed E-state index contributed by atoms with van der Waals surface area (Å²) in [6, 6.07) is 9.64. The molecule has 1 aliphatic rings. The van der Waals surface area contributed by atoms with Gasteiger partial charge in [0.2, 0.25) is 0 Å². The van der Waals surface area contributed by atoms with Gasteiger partial charge in [-0.1, -0.05) is 12.1 Å². The van der Waals surface area contributed by atoms with E-state index >= 15 is 0 Å². The summed E-state index contributed by atoms with van der Waals surface area (Å²) in [4.78, 5) is 19.2. The first-order valence-electron chi connectivity index (χ1n) is 9.10. The number of nitrogens with zero attached hydrogens (tertiary/aromatic N) is 4. The molecule has 3 aromatic rings. The Morgan fingerprint density at radius 3 is 3.00 bits per heavy atom. The number of hydrogen-bond donors (Lipinski definition) is 1. The van der Waals surface area contributed by atoms with Gasteiger partial charge in [0.05, 0.1) is 25.8 Å². The van der Waals surface area contributed by atoms with Crippen molar-refractivity contribution in [2.75, 3.05) is 13.2 Å². The van der Waals surface area contributed by atoms with Crippen LogP contribution in [0.25, 0.3) is 5.82 Å². The maximum atomic E-state index is 11.0. The highest BCUT2D eigenvalue weighted by atomic mass is 16.5. The number of rotatable bonds is 7. The van der Waals surface area contributed by atoms with Crippen LogP contribution in [0.2, 0.25) is 0 Å². The van der Waals surface area contributed by atoms with E-state index in [9.17, 15) is 4.79 Å². The van der Waals surface area contributed by atoms with Gasteiger partial charge >= 0.3 is 5.97 Å². The predicted molar refractivity (Wildman–Crippen MR) is 99.9 cm³/mol. The molecule has 1 aromatic carbocycles. The van der Waals surface area contributed by atoms with Crippen molar-refractivity contribution in [3.8, 4) is 17.3 Å². The van der Waals surface area contributed by atoms with Crippen molar-refractivity contribution in [1.29, 1.82) is 0 Å². The lowest BCUT2D eigenvalue weighted by atomic mass is 9.89. The van der Waals surface area contributed by atoms with E-state index in [4.69, 9.17) is 14.6 Å². The average molecular weight is 380 g/mol. The van der Waals surface area contributed by atoms with Gasteiger partial charge in [0.1, 0.15) is 24.2 Å². The van der Waals surface area contributed by atoms with Gasteiger partial charge < -0.3 is 14.6 Å². The molecule has 1 atom stereocenters. The van der Waals surface area contributed by atoms with E-state index in [0.717, 1.165) is 23.3 Å². The zero-order valence-electron chi connectivity index (χ0n) is 15.2. The minimum absolute atomic E-state index is 0.0149. The van der Waals surface area contributed by atoms with E-state index in [1.54, 1.807) is 17.2 Å². The van der Waals surface area contributed by atoms with Crippen molar-refractivity contribution in [1.82, 2.24) is 19.7 Å². The molecule has 4 rings (SSSR count). The van der Waals surface area contributed by atoms with Crippen LogP contribution in [0.1, 0.15) is 29.9 Å². The fourth-order valence-electron chi connectivity index (χ4n) is 3.29. The summed E-state index contributed by atoms with van der Waals surface area (Å²) in [7, 11) is 0. The Morgan fingerprint density at radius 2 is 2.25 bits per heavy atom. The molecular weight excluding hydrogens is 360 g/mol. The Labute approximate surface area is 161 Å². The molecule has 28 heavy (non-hydrogen) atoms. The van der Waals surface area contributed by atoms with E-state index in [2.05, 4.69) is 15.1 Å². The van der Waals surface area contributed by atoms with Gasteiger partial charge in [0, 0.05) is 12.3 Å². The molecule has 2 aromatic heterocycles. The molecule has 0 spiro atoms. The van der Waals surface area contributed by atoms with Gasteiger partial charge in [-0.05, 0) is 35.7 Å². The number of aromatic nitrogens is 4. The van der Waals surface area contributed by atoms with Crippen molar-refractivity contribution in [2.24, 2.45) is 0 Å². The van der Waals surface area contributed by atoms with Gasteiger partial charge in [-0.25, -0.2) is 14.6 Å². The molecule has 0 saturated heterocycles. The molecule has 8 nitrogen and oxygen atoms in total. The first-order chi connectivity index (χ1) is 13.7. The summed E-state index contributed by atoms with van der Waals surface area (Å²) >= 11 is 0. The smallest absolute Gasteiger partial charge is 0.303 e. The highest BCUT2D eigenvalue weighted by Gasteiger charge is 2.23. The highest BCUT2D eigenvalue weighted by molar-refractivity contribution is 5.68. The number of ether oxygens (including phenoxy) is 2. The normalized spacial score (nSPS) is 15.5. The molecule has 0 saturated carbocycles. The number of carboxylic acid groups (broad SMARTS) is 1. The zero-order chi connectivity index (χ0) is 19.3. The van der Waals surface area contributed by atoms with Crippen molar-refractivity contribution in [2.45, 2.75) is 25.2 Å². The van der Waals surface area contributed by atoms with Crippen LogP contribution in [-0.2, 0) is 11.2 Å². The summed E-state index contributed by atoms with van der Waals surface area (Å²) in [6.45, 7) is 1.05. The second-order valence-corrected chi connectivity index (χ2v) is 6.59. The van der Waals surface area contributed by atoms with Crippen molar-refractivity contribution in [3.05, 3.63) is 60.3 Å². The van der Waals surface area contributed by atoms with Crippen LogP contribution in [0.5, 0.6) is 11.5 Å². The molecule has 1 N–H and O–H groups in total. The quantitative estimate of drug-likeness (QED) is 0.672. The summed E-state index contributed by atoms with van der Waals surface area (Å²) in [5.41, 5.74) is 2.06. The molecule has 1 aliphatic heterocycles. The second kappa shape index (κ2) is 8.08. The molecule has 0 bridgehead atoms. The lowest BCUT2D eigenvalue weighted by Gasteiger charge is -2.25. The second-order valence-electron chi connectivity index (χ2n) is 6.59. The van der Waals surface area contributed by atoms with Crippen LogP contribution in [0.15, 0.2) is 49.2 Å². The third-order valence-corrected chi connectivity index (χ3v) is 4.70. The Morgan fingerprint density at radius 1 is 1.32 bits per heavy atom. The van der Waals surface area contributed by atoms with Gasteiger partial charge in [0.15, 0.2) is 5.82 Å². The minimum Gasteiger partial charge on any atom is -0.493 e. The first-order valence-corrected chi connectivity index (χ1v) is 9.10. The highest BCUT2D eigenvalue weighted by Crippen LogP contribution is 2.36. The minimum atomic E-state index is -0.779. The Bertz CT molecular complexity index is 941. The lowest BCUT2D eigenvalue weighted by molar-refractivity contribution is -0.137. The first kappa shape index (κ1) is 18.0. The van der Waals surface area contributed by atoms with Crippen LogP contribution in [0.4, 0.5) is 0 Å². The maximum absolute atomic E-state index is 11.0. The molecule has 0 fully saturated rings. The Hall–Kier alpha value is -3.42. The van der Waals surface area contributed by atoms with Crippen molar-refractivity contribution < 1.29 is 19.4 Å². The van der Waals surface area contributed by atoms with E-state index in [1.807, 2.05) is 30.3 Å². The maximum Gasteiger partial charge on any atom is 0.303 e. The average Bonchev–Trinajstić information content (AvgIpc) is 3.23. The monoisotopic (exact) mass is 380 g/mol. The van der Waals surface area contributed by atoms with Crippen molar-refractivity contribution >= 4 is 5.97 Å². The molecular formula is C20H20N4O4. The summed E-state index contributed by atoms with van der Waals surface area (Å²) < 4.78 is 13.1. The summed E-state index contributed by atoms with van der Waals surface area (Å²) in [6.07, 6.45) is 6.28. The number of hydrogen-bond acceptors (Lipinski definition) is 6. The molecule has 144 valence electrons. The van der Waals surface area contributed by atoms with Crippen LogP contribution < -0.4 is 9.47 Å². The number of benzene rings is 1. The third-order valence-electron chi connectivity index (χ3n) is 4.70. The lowest BCUT2D eigenvalue weighted by Crippen LogP contribution is -2.17. The van der Waals surface area contributed by atoms with Crippen LogP contribution in [0, 0.1) is 0 Å².